The molecule has 0 fully saturated rings. The molecule has 2 aromatic carbocycles. The number of ether oxygens (including phenoxy) is 1. The second-order valence-electron chi connectivity index (χ2n) is 6.08. The van der Waals surface area contributed by atoms with E-state index in [0.29, 0.717) is 11.6 Å². The Morgan fingerprint density at radius 3 is 2.72 bits per heavy atom. The number of thioether (sulfide) groups is 1. The van der Waals surface area contributed by atoms with Gasteiger partial charge in [-0.3, -0.25) is 14.9 Å². The Morgan fingerprint density at radius 2 is 2.03 bits per heavy atom. The zero-order valence-corrected chi connectivity index (χ0v) is 16.7. The molecule has 0 aliphatic rings. The summed E-state index contributed by atoms with van der Waals surface area (Å²) < 4.78 is 10.6. The van der Waals surface area contributed by atoms with Crippen molar-refractivity contribution in [2.45, 2.75) is 24.3 Å². The number of nitrogens with zero attached hydrogens (tertiary/aromatic N) is 3. The zero-order valence-electron chi connectivity index (χ0n) is 15.9. The highest BCUT2D eigenvalue weighted by molar-refractivity contribution is 8.00. The molecule has 29 heavy (non-hydrogen) atoms. The Balaban J connectivity index is 1.71. The van der Waals surface area contributed by atoms with Gasteiger partial charge in [0.1, 0.15) is 11.4 Å². The number of nitro groups is 1. The Hall–Kier alpha value is -3.40. The number of nitrogens with one attached hydrogen (secondary N) is 1. The fourth-order valence-electron chi connectivity index (χ4n) is 2.51. The third kappa shape index (κ3) is 4.72. The van der Waals surface area contributed by atoms with Crippen LogP contribution >= 0.6 is 11.8 Å². The lowest BCUT2D eigenvalue weighted by molar-refractivity contribution is -0.384. The van der Waals surface area contributed by atoms with Gasteiger partial charge in [0, 0.05) is 5.56 Å². The molecule has 1 atom stereocenters. The van der Waals surface area contributed by atoms with Crippen LogP contribution in [-0.2, 0) is 4.79 Å². The van der Waals surface area contributed by atoms with E-state index >= 15 is 0 Å². The van der Waals surface area contributed by atoms with E-state index in [1.807, 2.05) is 31.2 Å². The first-order valence-corrected chi connectivity index (χ1v) is 9.46. The molecule has 0 unspecified atom stereocenters. The van der Waals surface area contributed by atoms with Crippen molar-refractivity contribution in [1.29, 1.82) is 0 Å². The van der Waals surface area contributed by atoms with Gasteiger partial charge in [0.25, 0.3) is 10.9 Å². The Bertz CT molecular complexity index is 1050. The van der Waals surface area contributed by atoms with Crippen LogP contribution in [0.1, 0.15) is 12.5 Å². The first-order valence-electron chi connectivity index (χ1n) is 8.58. The van der Waals surface area contributed by atoms with Gasteiger partial charge in [0.15, 0.2) is 0 Å². The fraction of sp³-hybridized carbons (Fsp3) is 0.211. The van der Waals surface area contributed by atoms with Gasteiger partial charge in [-0.25, -0.2) is 0 Å². The quantitative estimate of drug-likeness (QED) is 0.349. The number of benzene rings is 2. The summed E-state index contributed by atoms with van der Waals surface area (Å²) in [6, 6.07) is 11.8. The highest BCUT2D eigenvalue weighted by atomic mass is 32.2. The number of rotatable bonds is 7. The van der Waals surface area contributed by atoms with Crippen LogP contribution in [0.25, 0.3) is 11.5 Å². The SMILES string of the molecule is COc1ccc(NC(=O)[C@@H](C)Sc2nnc(-c3ccccc3C)o2)c([N+](=O)[O-])c1. The molecule has 0 aliphatic heterocycles. The minimum atomic E-state index is -0.623. The number of nitro benzene ring substituents is 1. The maximum absolute atomic E-state index is 12.5. The molecule has 0 bridgehead atoms. The number of anilines is 1. The third-order valence-corrected chi connectivity index (χ3v) is 5.02. The minimum absolute atomic E-state index is 0.0828. The first-order chi connectivity index (χ1) is 13.9. The fourth-order valence-corrected chi connectivity index (χ4v) is 3.20. The molecular weight excluding hydrogens is 396 g/mol. The highest BCUT2D eigenvalue weighted by Gasteiger charge is 2.23. The number of hydrogen-bond acceptors (Lipinski definition) is 8. The third-order valence-electron chi connectivity index (χ3n) is 4.09. The molecule has 1 aromatic heterocycles. The Morgan fingerprint density at radius 1 is 1.28 bits per heavy atom. The Kier molecular flexibility index (Phi) is 6.13. The summed E-state index contributed by atoms with van der Waals surface area (Å²) >= 11 is 1.07. The van der Waals surface area contributed by atoms with Crippen molar-refractivity contribution in [3.05, 3.63) is 58.1 Å². The number of carbonyl (C=O) groups excluding carboxylic acids is 1. The van der Waals surface area contributed by atoms with Crippen LogP contribution < -0.4 is 10.1 Å². The molecule has 0 saturated carbocycles. The van der Waals surface area contributed by atoms with Crippen molar-refractivity contribution in [3.8, 4) is 17.2 Å². The summed E-state index contributed by atoms with van der Waals surface area (Å²) in [5.74, 6) is 0.259. The van der Waals surface area contributed by atoms with Crippen LogP contribution in [0.5, 0.6) is 5.75 Å². The van der Waals surface area contributed by atoms with Crippen LogP contribution in [0.3, 0.4) is 0 Å². The Labute approximate surface area is 170 Å². The van der Waals surface area contributed by atoms with Crippen LogP contribution in [-0.4, -0.2) is 33.4 Å². The van der Waals surface area contributed by atoms with Gasteiger partial charge in [0.2, 0.25) is 11.8 Å². The minimum Gasteiger partial charge on any atom is -0.496 e. The molecule has 9 nitrogen and oxygen atoms in total. The molecule has 150 valence electrons. The average Bonchev–Trinajstić information content (AvgIpc) is 3.16. The summed E-state index contributed by atoms with van der Waals surface area (Å²) in [6.45, 7) is 3.58. The molecular formula is C19H18N4O5S. The molecule has 10 heteroatoms. The van der Waals surface area contributed by atoms with E-state index in [9.17, 15) is 14.9 Å². The smallest absolute Gasteiger partial charge is 0.296 e. The van der Waals surface area contributed by atoms with Gasteiger partial charge in [-0.05, 0) is 37.6 Å². The monoisotopic (exact) mass is 414 g/mol. The summed E-state index contributed by atoms with van der Waals surface area (Å²) in [7, 11) is 1.41. The molecule has 0 radical (unpaired) electrons. The zero-order chi connectivity index (χ0) is 21.0. The summed E-state index contributed by atoms with van der Waals surface area (Å²) in [5, 5.41) is 21.4. The van der Waals surface area contributed by atoms with Gasteiger partial charge in [0.05, 0.1) is 23.3 Å². The van der Waals surface area contributed by atoms with Crippen LogP contribution in [0.2, 0.25) is 0 Å². The molecule has 1 N–H and O–H groups in total. The number of amides is 1. The molecule has 3 rings (SSSR count). The van der Waals surface area contributed by atoms with E-state index in [1.54, 1.807) is 6.92 Å². The van der Waals surface area contributed by atoms with E-state index in [1.165, 1.54) is 25.3 Å². The predicted octanol–water partition coefficient (Wildman–Crippen LogP) is 4.08. The average molecular weight is 414 g/mol. The van der Waals surface area contributed by atoms with E-state index in [0.717, 1.165) is 22.9 Å². The van der Waals surface area contributed by atoms with Crippen LogP contribution in [0.15, 0.2) is 52.1 Å². The molecule has 3 aromatic rings. The van der Waals surface area contributed by atoms with Crippen LogP contribution in [0, 0.1) is 17.0 Å². The van der Waals surface area contributed by atoms with Crippen molar-refractivity contribution >= 4 is 29.0 Å². The second kappa shape index (κ2) is 8.74. The molecule has 1 heterocycles. The molecule has 0 spiro atoms. The van der Waals surface area contributed by atoms with Gasteiger partial charge in [-0.1, -0.05) is 30.0 Å². The van der Waals surface area contributed by atoms with E-state index in [2.05, 4.69) is 15.5 Å². The van der Waals surface area contributed by atoms with E-state index in [4.69, 9.17) is 9.15 Å². The van der Waals surface area contributed by atoms with E-state index in [-0.39, 0.29) is 16.6 Å². The normalized spacial score (nSPS) is 11.7. The standard InChI is InChI=1S/C19H18N4O5S/c1-11-6-4-5-7-14(11)18-21-22-19(28-18)29-12(2)17(24)20-15-9-8-13(27-3)10-16(15)23(25)26/h4-10,12H,1-3H3,(H,20,24)/t12-/m1/s1. The largest absolute Gasteiger partial charge is 0.496 e. The lowest BCUT2D eigenvalue weighted by Gasteiger charge is -2.11. The number of aromatic nitrogens is 2. The number of aryl methyl sites for hydroxylation is 1. The van der Waals surface area contributed by atoms with Gasteiger partial charge in [-0.15, -0.1) is 10.2 Å². The maximum Gasteiger partial charge on any atom is 0.296 e. The summed E-state index contributed by atoms with van der Waals surface area (Å²) in [6.07, 6.45) is 0. The molecule has 0 aliphatic carbocycles. The molecule has 0 saturated heterocycles. The second-order valence-corrected chi connectivity index (χ2v) is 7.37. The van der Waals surface area contributed by atoms with Gasteiger partial charge < -0.3 is 14.5 Å². The lowest BCUT2D eigenvalue weighted by Crippen LogP contribution is -2.22. The van der Waals surface area contributed by atoms with Gasteiger partial charge >= 0.3 is 0 Å². The van der Waals surface area contributed by atoms with Crippen molar-refractivity contribution in [3.63, 3.8) is 0 Å². The summed E-state index contributed by atoms with van der Waals surface area (Å²) in [5.41, 5.74) is 1.64. The highest BCUT2D eigenvalue weighted by Crippen LogP contribution is 2.31. The maximum atomic E-state index is 12.5. The molecule has 1 amide bonds. The van der Waals surface area contributed by atoms with E-state index < -0.39 is 16.1 Å². The summed E-state index contributed by atoms with van der Waals surface area (Å²) in [4.78, 5) is 23.2. The van der Waals surface area contributed by atoms with Crippen molar-refractivity contribution in [1.82, 2.24) is 10.2 Å². The van der Waals surface area contributed by atoms with Crippen molar-refractivity contribution in [2.24, 2.45) is 0 Å². The van der Waals surface area contributed by atoms with Crippen molar-refractivity contribution < 1.29 is 18.9 Å². The topological polar surface area (TPSA) is 120 Å². The number of hydrogen-bond donors (Lipinski definition) is 1. The lowest BCUT2D eigenvalue weighted by atomic mass is 10.1. The predicted molar refractivity (Wildman–Crippen MR) is 108 cm³/mol. The van der Waals surface area contributed by atoms with Gasteiger partial charge in [-0.2, -0.15) is 0 Å². The van der Waals surface area contributed by atoms with Crippen molar-refractivity contribution in [2.75, 3.05) is 12.4 Å². The number of carbonyl (C=O) groups is 1. The number of methoxy groups -OCH3 is 1. The van der Waals surface area contributed by atoms with Crippen LogP contribution in [0.4, 0.5) is 11.4 Å². The first kappa shape index (κ1) is 20.3.